The van der Waals surface area contributed by atoms with Crippen molar-refractivity contribution in [3.63, 3.8) is 0 Å². The lowest BCUT2D eigenvalue weighted by Gasteiger charge is -2.60. The van der Waals surface area contributed by atoms with Gasteiger partial charge in [-0.05, 0) is 86.4 Å². The van der Waals surface area contributed by atoms with Gasteiger partial charge in [0.25, 0.3) is 0 Å². The topological polar surface area (TPSA) is 54.4 Å². The largest absolute Gasteiger partial charge is 0.393 e. The lowest BCUT2D eigenvalue weighted by Crippen LogP contribution is -2.57. The minimum atomic E-state index is -0.210. The molecule has 0 amide bonds. The molecule has 0 aliphatic heterocycles. The Morgan fingerprint density at radius 2 is 1.73 bits per heavy atom. The number of hydrogen-bond donors (Lipinski definition) is 1. The predicted octanol–water partition coefficient (Wildman–Crippen LogP) is 4.41. The number of aliphatic hydroxyl groups is 1. The molecule has 0 unspecified atom stereocenters. The van der Waals surface area contributed by atoms with Crippen LogP contribution >= 0.6 is 0 Å². The van der Waals surface area contributed by atoms with Crippen LogP contribution in [0.2, 0.25) is 0 Å². The van der Waals surface area contributed by atoms with Crippen LogP contribution in [-0.4, -0.2) is 22.8 Å². The number of hydrogen-bond acceptors (Lipinski definition) is 3. The molecule has 4 aliphatic carbocycles. The van der Waals surface area contributed by atoms with E-state index in [4.69, 9.17) is 0 Å². The average molecular weight is 361 g/mol. The second kappa shape index (κ2) is 6.15. The number of carbonyl (C=O) groups is 2. The van der Waals surface area contributed by atoms with E-state index >= 15 is 0 Å². The molecule has 0 bridgehead atoms. The Hall–Kier alpha value is -0.700. The Kier molecular flexibility index (Phi) is 4.42. The Morgan fingerprint density at radius 1 is 1.08 bits per heavy atom. The molecule has 0 saturated heterocycles. The third-order valence-electron chi connectivity index (χ3n) is 9.76. The molecular formula is C23H36O3. The molecule has 4 fully saturated rings. The lowest BCUT2D eigenvalue weighted by molar-refractivity contribution is -0.161. The molecule has 146 valence electrons. The molecule has 0 aromatic heterocycles. The highest BCUT2D eigenvalue weighted by molar-refractivity contribution is 5.83. The van der Waals surface area contributed by atoms with Crippen molar-refractivity contribution in [2.75, 3.05) is 0 Å². The maximum absolute atomic E-state index is 13.3. The van der Waals surface area contributed by atoms with Gasteiger partial charge < -0.3 is 5.11 Å². The van der Waals surface area contributed by atoms with Crippen molar-refractivity contribution in [3.8, 4) is 0 Å². The number of rotatable bonds is 2. The van der Waals surface area contributed by atoms with Crippen LogP contribution in [0.4, 0.5) is 0 Å². The Morgan fingerprint density at radius 3 is 2.42 bits per heavy atom. The van der Waals surface area contributed by atoms with Gasteiger partial charge in [0.15, 0.2) is 0 Å². The normalized spacial score (nSPS) is 52.0. The number of aliphatic hydroxyl groups excluding tert-OH is 1. The molecule has 0 spiro atoms. The Bertz CT molecular complexity index is 613. The third-order valence-corrected chi connectivity index (χ3v) is 9.76. The summed E-state index contributed by atoms with van der Waals surface area (Å²) >= 11 is 0. The van der Waals surface area contributed by atoms with Gasteiger partial charge in [-0.3, -0.25) is 9.59 Å². The van der Waals surface area contributed by atoms with Gasteiger partial charge in [-0.25, -0.2) is 0 Å². The van der Waals surface area contributed by atoms with Gasteiger partial charge in [-0.1, -0.05) is 20.8 Å². The molecule has 4 aliphatic rings. The summed E-state index contributed by atoms with van der Waals surface area (Å²) in [5.74, 6) is 2.87. The highest BCUT2D eigenvalue weighted by Crippen LogP contribution is 2.67. The fraction of sp³-hybridized carbons (Fsp3) is 0.913. The quantitative estimate of drug-likeness (QED) is 0.793. The zero-order chi connectivity index (χ0) is 18.9. The smallest absolute Gasteiger partial charge is 0.136 e. The second-order valence-electron chi connectivity index (χ2n) is 10.7. The molecule has 0 aromatic carbocycles. The van der Waals surface area contributed by atoms with E-state index < -0.39 is 0 Å². The van der Waals surface area contributed by atoms with Crippen LogP contribution in [0.1, 0.15) is 79.1 Å². The monoisotopic (exact) mass is 360 g/mol. The van der Waals surface area contributed by atoms with E-state index in [1.165, 1.54) is 6.42 Å². The number of fused-ring (bicyclic) bond motifs is 5. The van der Waals surface area contributed by atoms with Gasteiger partial charge in [0, 0.05) is 18.3 Å². The Balaban J connectivity index is 1.65. The van der Waals surface area contributed by atoms with Gasteiger partial charge in [0.2, 0.25) is 0 Å². The first kappa shape index (κ1) is 18.7. The van der Waals surface area contributed by atoms with Crippen LogP contribution in [0.5, 0.6) is 0 Å². The first-order valence-corrected chi connectivity index (χ1v) is 10.9. The summed E-state index contributed by atoms with van der Waals surface area (Å²) in [4.78, 5) is 25.4. The average Bonchev–Trinajstić information content (AvgIpc) is 2.93. The predicted molar refractivity (Wildman–Crippen MR) is 101 cm³/mol. The SMILES string of the molecule is CC(=O)[C@@H](C)[C@H]1CC[C@H]2[C@@H]3C(=O)C[C@@H]4C[C@H](O)CC[C@]4(C)[C@H]3CC[C@]12C. The van der Waals surface area contributed by atoms with E-state index in [2.05, 4.69) is 20.8 Å². The van der Waals surface area contributed by atoms with Crippen LogP contribution in [0.15, 0.2) is 0 Å². The molecule has 26 heavy (non-hydrogen) atoms. The third kappa shape index (κ3) is 2.48. The molecule has 4 rings (SSSR count). The van der Waals surface area contributed by atoms with Crippen LogP contribution in [0.25, 0.3) is 0 Å². The standard InChI is InChI=1S/C23H36O3/c1-13(14(2)24)17-5-6-18-21-19(8-10-23(17,18)4)22(3)9-7-16(25)11-15(22)12-20(21)26/h13,15-19,21,25H,5-12H2,1-4H3/t13-,15+,16-,17-,18+,19+,21+,22+,23-/m1/s1. The van der Waals surface area contributed by atoms with Gasteiger partial charge in [0.1, 0.15) is 11.6 Å². The van der Waals surface area contributed by atoms with E-state index in [1.54, 1.807) is 6.92 Å². The van der Waals surface area contributed by atoms with Crippen molar-refractivity contribution in [2.45, 2.75) is 85.2 Å². The van der Waals surface area contributed by atoms with E-state index in [0.29, 0.717) is 41.7 Å². The van der Waals surface area contributed by atoms with E-state index in [0.717, 1.165) is 38.5 Å². The summed E-state index contributed by atoms with van der Waals surface area (Å²) in [5, 5.41) is 10.1. The minimum absolute atomic E-state index is 0.119. The highest BCUT2D eigenvalue weighted by Gasteiger charge is 2.63. The molecule has 0 radical (unpaired) electrons. The van der Waals surface area contributed by atoms with Gasteiger partial charge >= 0.3 is 0 Å². The first-order valence-electron chi connectivity index (χ1n) is 10.9. The lowest BCUT2D eigenvalue weighted by atomic mass is 9.44. The van der Waals surface area contributed by atoms with Crippen molar-refractivity contribution in [1.29, 1.82) is 0 Å². The molecule has 9 atom stereocenters. The van der Waals surface area contributed by atoms with Crippen LogP contribution < -0.4 is 0 Å². The van der Waals surface area contributed by atoms with Gasteiger partial charge in [-0.2, -0.15) is 0 Å². The van der Waals surface area contributed by atoms with Crippen LogP contribution in [0.3, 0.4) is 0 Å². The fourth-order valence-electron chi connectivity index (χ4n) is 8.05. The van der Waals surface area contributed by atoms with Crippen molar-refractivity contribution < 1.29 is 14.7 Å². The zero-order valence-corrected chi connectivity index (χ0v) is 17.0. The molecule has 0 aromatic rings. The molecule has 4 saturated carbocycles. The summed E-state index contributed by atoms with van der Waals surface area (Å²) in [7, 11) is 0. The summed E-state index contributed by atoms with van der Waals surface area (Å²) < 4.78 is 0. The van der Waals surface area contributed by atoms with E-state index in [9.17, 15) is 14.7 Å². The number of Topliss-reactive ketones (excluding diaryl/α,β-unsaturated/α-hetero) is 2. The molecule has 0 heterocycles. The van der Waals surface area contributed by atoms with Crippen molar-refractivity contribution in [3.05, 3.63) is 0 Å². The molecule has 3 nitrogen and oxygen atoms in total. The van der Waals surface area contributed by atoms with E-state index in [1.807, 2.05) is 0 Å². The highest BCUT2D eigenvalue weighted by atomic mass is 16.3. The minimum Gasteiger partial charge on any atom is -0.393 e. The van der Waals surface area contributed by atoms with Gasteiger partial charge in [0.05, 0.1) is 6.10 Å². The van der Waals surface area contributed by atoms with Crippen molar-refractivity contribution in [1.82, 2.24) is 0 Å². The van der Waals surface area contributed by atoms with Crippen LogP contribution in [0, 0.1) is 46.3 Å². The van der Waals surface area contributed by atoms with Crippen molar-refractivity contribution >= 4 is 11.6 Å². The summed E-state index contributed by atoms with van der Waals surface area (Å²) in [6.45, 7) is 8.64. The zero-order valence-electron chi connectivity index (χ0n) is 17.0. The van der Waals surface area contributed by atoms with Crippen LogP contribution in [-0.2, 0) is 9.59 Å². The fourth-order valence-corrected chi connectivity index (χ4v) is 8.05. The van der Waals surface area contributed by atoms with Crippen molar-refractivity contribution in [2.24, 2.45) is 46.3 Å². The Labute approximate surface area is 158 Å². The summed E-state index contributed by atoms with van der Waals surface area (Å²) in [6.07, 6.45) is 7.78. The second-order valence-corrected chi connectivity index (χ2v) is 10.7. The molecular weight excluding hydrogens is 324 g/mol. The number of carbonyl (C=O) groups excluding carboxylic acids is 2. The summed E-state index contributed by atoms with van der Waals surface area (Å²) in [5.41, 5.74) is 0.378. The maximum atomic E-state index is 13.3. The van der Waals surface area contributed by atoms with Gasteiger partial charge in [-0.15, -0.1) is 0 Å². The van der Waals surface area contributed by atoms with E-state index in [-0.39, 0.29) is 28.8 Å². The first-order chi connectivity index (χ1) is 12.2. The molecule has 3 heteroatoms. The maximum Gasteiger partial charge on any atom is 0.136 e. The summed E-state index contributed by atoms with van der Waals surface area (Å²) in [6, 6.07) is 0. The number of ketones is 2. The molecule has 1 N–H and O–H groups in total.